The number of nitrogens with zero attached hydrogens (tertiary/aromatic N) is 2. The largest absolute Gasteiger partial charge is 0.465 e. The van der Waals surface area contributed by atoms with Gasteiger partial charge in [0.05, 0.1) is 12.7 Å². The van der Waals surface area contributed by atoms with Gasteiger partial charge in [0, 0.05) is 19.1 Å². The predicted octanol–water partition coefficient (Wildman–Crippen LogP) is 2.09. The molecule has 0 aromatic heterocycles. The molecule has 7 heteroatoms. The van der Waals surface area contributed by atoms with Gasteiger partial charge in [-0.25, -0.2) is 0 Å². The Hall–Kier alpha value is -0.0700. The number of aliphatic hydroxyl groups is 1. The zero-order valence-electron chi connectivity index (χ0n) is 14.5. The van der Waals surface area contributed by atoms with Gasteiger partial charge in [-0.3, -0.25) is 14.6 Å². The van der Waals surface area contributed by atoms with Crippen molar-refractivity contribution in [2.45, 2.75) is 63.1 Å². The maximum atomic E-state index is 12.4. The van der Waals surface area contributed by atoms with E-state index in [4.69, 9.17) is 4.74 Å². The summed E-state index contributed by atoms with van der Waals surface area (Å²) in [6.07, 6.45) is 5.69. The van der Waals surface area contributed by atoms with Crippen molar-refractivity contribution in [1.82, 2.24) is 9.80 Å². The van der Waals surface area contributed by atoms with Gasteiger partial charge < -0.3 is 9.84 Å². The molecular formula is C16H32Cl2N2O3. The fourth-order valence-electron chi connectivity index (χ4n) is 3.84. The highest BCUT2D eigenvalue weighted by Crippen LogP contribution is 2.32. The number of piperidine rings is 1. The highest BCUT2D eigenvalue weighted by Gasteiger charge is 2.46. The molecule has 0 bridgehead atoms. The van der Waals surface area contributed by atoms with Crippen molar-refractivity contribution in [1.29, 1.82) is 0 Å². The zero-order valence-corrected chi connectivity index (χ0v) is 16.1. The van der Waals surface area contributed by atoms with Crippen LogP contribution in [0.4, 0.5) is 0 Å². The van der Waals surface area contributed by atoms with E-state index in [9.17, 15) is 9.90 Å². The number of ether oxygens (including phenoxy) is 1. The monoisotopic (exact) mass is 370 g/mol. The molecule has 138 valence electrons. The Morgan fingerprint density at radius 3 is 2.26 bits per heavy atom. The zero-order chi connectivity index (χ0) is 15.5. The van der Waals surface area contributed by atoms with Crippen LogP contribution in [0, 0.1) is 0 Å². The maximum absolute atomic E-state index is 12.4. The minimum atomic E-state index is -0.494. The molecule has 1 heterocycles. The number of rotatable bonds is 4. The van der Waals surface area contributed by atoms with Crippen molar-refractivity contribution in [3.63, 3.8) is 0 Å². The van der Waals surface area contributed by atoms with E-state index >= 15 is 0 Å². The van der Waals surface area contributed by atoms with Crippen LogP contribution in [0.2, 0.25) is 0 Å². The molecule has 2 aliphatic rings. The molecular weight excluding hydrogens is 339 g/mol. The molecule has 0 aromatic rings. The van der Waals surface area contributed by atoms with Crippen molar-refractivity contribution in [3.05, 3.63) is 0 Å². The molecule has 5 nitrogen and oxygen atoms in total. The molecule has 1 saturated heterocycles. The highest BCUT2D eigenvalue weighted by molar-refractivity contribution is 5.85. The molecule has 0 amide bonds. The first kappa shape index (κ1) is 22.9. The average Bonchev–Trinajstić information content (AvgIpc) is 2.48. The summed E-state index contributed by atoms with van der Waals surface area (Å²) in [6, 6.07) is 0.279. The smallest absolute Gasteiger partial charge is 0.326 e. The van der Waals surface area contributed by atoms with E-state index < -0.39 is 5.54 Å². The molecule has 2 unspecified atom stereocenters. The highest BCUT2D eigenvalue weighted by atomic mass is 35.5. The molecule has 1 aliphatic carbocycles. The molecule has 0 aromatic carbocycles. The van der Waals surface area contributed by atoms with Gasteiger partial charge in [0.25, 0.3) is 0 Å². The standard InChI is InChI=1S/C16H30N2O3.2ClH/c1-4-21-15(20)16(17(2)3)9-11-18(12-10-16)13-7-5-6-8-14(13)19;;/h13-14,19H,4-12H2,1-3H3;2*1H. The third kappa shape index (κ3) is 4.95. The van der Waals surface area contributed by atoms with E-state index in [-0.39, 0.29) is 42.9 Å². The summed E-state index contributed by atoms with van der Waals surface area (Å²) < 4.78 is 5.30. The lowest BCUT2D eigenvalue weighted by Crippen LogP contribution is -2.60. The average molecular weight is 371 g/mol. The van der Waals surface area contributed by atoms with Gasteiger partial charge in [0.1, 0.15) is 5.54 Å². The van der Waals surface area contributed by atoms with Crippen molar-refractivity contribution in [2.24, 2.45) is 0 Å². The molecule has 2 rings (SSSR count). The van der Waals surface area contributed by atoms with E-state index in [1.807, 2.05) is 25.9 Å². The van der Waals surface area contributed by atoms with Gasteiger partial charge in [-0.15, -0.1) is 24.8 Å². The number of carbonyl (C=O) groups is 1. The van der Waals surface area contributed by atoms with Crippen LogP contribution in [0.1, 0.15) is 45.4 Å². The molecule has 0 radical (unpaired) electrons. The molecule has 23 heavy (non-hydrogen) atoms. The van der Waals surface area contributed by atoms with Gasteiger partial charge in [-0.05, 0) is 46.7 Å². The summed E-state index contributed by atoms with van der Waals surface area (Å²) in [7, 11) is 3.92. The Labute approximate surface area is 152 Å². The summed E-state index contributed by atoms with van der Waals surface area (Å²) in [5, 5.41) is 10.2. The lowest BCUT2D eigenvalue weighted by Gasteiger charge is -2.47. The van der Waals surface area contributed by atoms with E-state index in [0.717, 1.165) is 45.2 Å². The van der Waals surface area contributed by atoms with Crippen LogP contribution < -0.4 is 0 Å². The van der Waals surface area contributed by atoms with Gasteiger partial charge in [0.2, 0.25) is 0 Å². The van der Waals surface area contributed by atoms with Gasteiger partial charge in [-0.1, -0.05) is 12.8 Å². The SMILES string of the molecule is CCOC(=O)C1(N(C)C)CCN(C2CCCCC2O)CC1.Cl.Cl. The summed E-state index contributed by atoms with van der Waals surface area (Å²) >= 11 is 0. The maximum Gasteiger partial charge on any atom is 0.326 e. The number of halogens is 2. The second-order valence-electron chi connectivity index (χ2n) is 6.60. The third-order valence-electron chi connectivity index (χ3n) is 5.30. The first-order valence-electron chi connectivity index (χ1n) is 8.28. The topological polar surface area (TPSA) is 53.0 Å². The fourth-order valence-corrected chi connectivity index (χ4v) is 3.84. The lowest BCUT2D eigenvalue weighted by molar-refractivity contribution is -0.160. The fraction of sp³-hybridized carbons (Fsp3) is 0.938. The Kier molecular flexibility index (Phi) is 10.0. The van der Waals surface area contributed by atoms with Crippen molar-refractivity contribution in [2.75, 3.05) is 33.8 Å². The molecule has 1 saturated carbocycles. The summed E-state index contributed by atoms with van der Waals surface area (Å²) in [4.78, 5) is 16.8. The number of carbonyl (C=O) groups excluding carboxylic acids is 1. The van der Waals surface area contributed by atoms with E-state index in [1.165, 1.54) is 6.42 Å². The van der Waals surface area contributed by atoms with Crippen molar-refractivity contribution >= 4 is 30.8 Å². The molecule has 0 spiro atoms. The van der Waals surface area contributed by atoms with Crippen LogP contribution >= 0.6 is 24.8 Å². The lowest BCUT2D eigenvalue weighted by atomic mass is 9.83. The van der Waals surface area contributed by atoms with Crippen LogP contribution in [0.25, 0.3) is 0 Å². The first-order chi connectivity index (χ1) is 10.0. The summed E-state index contributed by atoms with van der Waals surface area (Å²) in [6.45, 7) is 4.01. The minimum Gasteiger partial charge on any atom is -0.465 e. The number of likely N-dealkylation sites (N-methyl/N-ethyl adjacent to an activating group) is 1. The van der Waals surface area contributed by atoms with Crippen LogP contribution in [-0.4, -0.2) is 72.4 Å². The quantitative estimate of drug-likeness (QED) is 0.767. The minimum absolute atomic E-state index is 0. The van der Waals surface area contributed by atoms with Crippen LogP contribution in [-0.2, 0) is 9.53 Å². The second-order valence-corrected chi connectivity index (χ2v) is 6.60. The second kappa shape index (κ2) is 10.0. The molecule has 2 atom stereocenters. The molecule has 1 N–H and O–H groups in total. The van der Waals surface area contributed by atoms with E-state index in [1.54, 1.807) is 0 Å². The Bertz CT molecular complexity index is 361. The van der Waals surface area contributed by atoms with Crippen LogP contribution in [0.5, 0.6) is 0 Å². The molecule has 1 aliphatic heterocycles. The van der Waals surface area contributed by atoms with Gasteiger partial charge in [0.15, 0.2) is 0 Å². The summed E-state index contributed by atoms with van der Waals surface area (Å²) in [5.74, 6) is -0.0983. The first-order valence-corrected chi connectivity index (χ1v) is 8.28. The third-order valence-corrected chi connectivity index (χ3v) is 5.30. The van der Waals surface area contributed by atoms with E-state index in [0.29, 0.717) is 6.61 Å². The number of hydrogen-bond acceptors (Lipinski definition) is 5. The number of hydrogen-bond donors (Lipinski definition) is 1. The van der Waals surface area contributed by atoms with E-state index in [2.05, 4.69) is 4.90 Å². The normalized spacial score (nSPS) is 27.7. The number of likely N-dealkylation sites (tertiary alicyclic amines) is 1. The Morgan fingerprint density at radius 2 is 1.78 bits per heavy atom. The summed E-state index contributed by atoms with van der Waals surface area (Å²) in [5.41, 5.74) is -0.494. The van der Waals surface area contributed by atoms with Crippen molar-refractivity contribution in [3.8, 4) is 0 Å². The van der Waals surface area contributed by atoms with Gasteiger partial charge in [-0.2, -0.15) is 0 Å². The van der Waals surface area contributed by atoms with Crippen LogP contribution in [0.15, 0.2) is 0 Å². The Morgan fingerprint density at radius 1 is 1.22 bits per heavy atom. The number of aliphatic hydroxyl groups excluding tert-OH is 1. The Balaban J connectivity index is 0.00000242. The van der Waals surface area contributed by atoms with Gasteiger partial charge >= 0.3 is 5.97 Å². The van der Waals surface area contributed by atoms with Crippen molar-refractivity contribution < 1.29 is 14.6 Å². The molecule has 2 fully saturated rings. The number of esters is 1. The predicted molar refractivity (Wildman–Crippen MR) is 96.6 cm³/mol. The van der Waals surface area contributed by atoms with Crippen LogP contribution in [0.3, 0.4) is 0 Å².